The fraction of sp³-hybridized carbons (Fsp3) is 0.286. The zero-order valence-corrected chi connectivity index (χ0v) is 13.2. The summed E-state index contributed by atoms with van der Waals surface area (Å²) in [6.07, 6.45) is -2.25. The van der Waals surface area contributed by atoms with E-state index in [2.05, 4.69) is 0 Å². The van der Waals surface area contributed by atoms with Crippen molar-refractivity contribution in [2.45, 2.75) is 22.7 Å². The summed E-state index contributed by atoms with van der Waals surface area (Å²) in [6.45, 7) is 0. The number of hydrogen-bond donors (Lipinski definition) is 1. The van der Waals surface area contributed by atoms with Crippen molar-refractivity contribution in [3.63, 3.8) is 0 Å². The van der Waals surface area contributed by atoms with E-state index in [-0.39, 0.29) is 25.8 Å². The predicted molar refractivity (Wildman–Crippen MR) is 76.4 cm³/mol. The van der Waals surface area contributed by atoms with Crippen LogP contribution < -0.4 is 0 Å². The van der Waals surface area contributed by atoms with Crippen LogP contribution >= 0.6 is 11.3 Å². The highest BCUT2D eigenvalue weighted by Gasteiger charge is 2.51. The van der Waals surface area contributed by atoms with E-state index in [1.165, 1.54) is 6.07 Å². The van der Waals surface area contributed by atoms with Gasteiger partial charge in [-0.3, -0.25) is 0 Å². The van der Waals surface area contributed by atoms with Crippen molar-refractivity contribution in [3.8, 4) is 10.4 Å². The standard InChI is InChI=1S/C14H10F4O3S2/c1-23(20,21)13-10-7(5-14(17,18)12(10)19)11(22-13)6-2-3-8(15)9(16)4-6/h2-4,12,19H,5H2,1H3/t12-/m0/s1. The van der Waals surface area contributed by atoms with Crippen LogP contribution in [0, 0.1) is 11.6 Å². The van der Waals surface area contributed by atoms with Crippen molar-refractivity contribution in [2.24, 2.45) is 0 Å². The molecule has 1 aromatic carbocycles. The van der Waals surface area contributed by atoms with Crippen molar-refractivity contribution in [3.05, 3.63) is 41.0 Å². The minimum absolute atomic E-state index is 0.0427. The number of benzene rings is 1. The van der Waals surface area contributed by atoms with Crippen molar-refractivity contribution < 1.29 is 31.1 Å². The van der Waals surface area contributed by atoms with Gasteiger partial charge in [0.15, 0.2) is 21.5 Å². The normalized spacial score (nSPS) is 19.8. The second-order valence-electron chi connectivity index (χ2n) is 5.35. The van der Waals surface area contributed by atoms with Gasteiger partial charge >= 0.3 is 0 Å². The minimum atomic E-state index is -3.86. The third kappa shape index (κ3) is 2.56. The molecule has 9 heteroatoms. The number of halogens is 4. The van der Waals surface area contributed by atoms with Crippen molar-refractivity contribution in [2.75, 3.05) is 6.26 Å². The van der Waals surface area contributed by atoms with Crippen LogP contribution in [0.1, 0.15) is 17.2 Å². The number of aliphatic hydroxyl groups is 1. The van der Waals surface area contributed by atoms with Gasteiger partial charge in [-0.2, -0.15) is 0 Å². The van der Waals surface area contributed by atoms with E-state index in [1.54, 1.807) is 0 Å². The molecule has 1 aromatic heterocycles. The van der Waals surface area contributed by atoms with Crippen LogP contribution in [0.25, 0.3) is 10.4 Å². The number of aliphatic hydroxyl groups excluding tert-OH is 1. The van der Waals surface area contributed by atoms with Gasteiger partial charge in [-0.15, -0.1) is 11.3 Å². The van der Waals surface area contributed by atoms with Crippen molar-refractivity contribution in [1.29, 1.82) is 0 Å². The van der Waals surface area contributed by atoms with Crippen LogP contribution in [-0.4, -0.2) is 25.7 Å². The lowest BCUT2D eigenvalue weighted by atomic mass is 10.1. The van der Waals surface area contributed by atoms with Gasteiger partial charge in [0.25, 0.3) is 5.92 Å². The van der Waals surface area contributed by atoms with Crippen molar-refractivity contribution in [1.82, 2.24) is 0 Å². The molecule has 0 saturated carbocycles. The van der Waals surface area contributed by atoms with Crippen LogP contribution in [0.3, 0.4) is 0 Å². The van der Waals surface area contributed by atoms with E-state index < -0.39 is 39.9 Å². The lowest BCUT2D eigenvalue weighted by molar-refractivity contribution is -0.0975. The molecule has 0 aliphatic heterocycles. The number of alkyl halides is 2. The smallest absolute Gasteiger partial charge is 0.281 e. The average Bonchev–Trinajstić information content (AvgIpc) is 2.89. The first kappa shape index (κ1) is 16.4. The van der Waals surface area contributed by atoms with E-state index in [4.69, 9.17) is 0 Å². The third-order valence-electron chi connectivity index (χ3n) is 3.62. The molecule has 0 fully saturated rings. The largest absolute Gasteiger partial charge is 0.382 e. The molecule has 1 heterocycles. The number of rotatable bonds is 2. The maximum absolute atomic E-state index is 13.8. The molecule has 0 radical (unpaired) electrons. The first-order chi connectivity index (χ1) is 10.5. The Kier molecular flexibility index (Phi) is 3.58. The summed E-state index contributed by atoms with van der Waals surface area (Å²) in [4.78, 5) is 0.0931. The van der Waals surface area contributed by atoms with E-state index in [0.717, 1.165) is 18.4 Å². The monoisotopic (exact) mass is 366 g/mol. The van der Waals surface area contributed by atoms with Gasteiger partial charge in [0.05, 0.1) is 0 Å². The molecule has 0 spiro atoms. The Hall–Kier alpha value is -1.45. The molecule has 3 rings (SSSR count). The van der Waals surface area contributed by atoms with Gasteiger partial charge in [0.2, 0.25) is 0 Å². The molecular weight excluding hydrogens is 356 g/mol. The second-order valence-corrected chi connectivity index (χ2v) is 8.58. The first-order valence-electron chi connectivity index (χ1n) is 6.39. The lowest BCUT2D eigenvalue weighted by Crippen LogP contribution is -2.22. The molecule has 0 saturated heterocycles. The molecule has 0 bridgehead atoms. The summed E-state index contributed by atoms with van der Waals surface area (Å²) < 4.78 is 77.3. The summed E-state index contributed by atoms with van der Waals surface area (Å²) in [5.74, 6) is -5.78. The summed E-state index contributed by atoms with van der Waals surface area (Å²) in [5, 5.41) is 9.77. The highest BCUT2D eigenvalue weighted by Crippen LogP contribution is 2.53. The quantitative estimate of drug-likeness (QED) is 0.830. The Morgan fingerprint density at radius 1 is 1.26 bits per heavy atom. The second kappa shape index (κ2) is 5.02. The van der Waals surface area contributed by atoms with Crippen LogP contribution in [0.5, 0.6) is 0 Å². The third-order valence-corrected chi connectivity index (χ3v) is 6.76. The van der Waals surface area contributed by atoms with Gasteiger partial charge in [-0.1, -0.05) is 6.07 Å². The highest BCUT2D eigenvalue weighted by atomic mass is 32.2. The maximum atomic E-state index is 13.8. The Labute approximate surface area is 133 Å². The lowest BCUT2D eigenvalue weighted by Gasteiger charge is -2.14. The van der Waals surface area contributed by atoms with Crippen LogP contribution in [0.4, 0.5) is 17.6 Å². The van der Waals surface area contributed by atoms with E-state index >= 15 is 0 Å². The number of fused-ring (bicyclic) bond motifs is 1. The zero-order valence-electron chi connectivity index (χ0n) is 11.6. The first-order valence-corrected chi connectivity index (χ1v) is 9.10. The number of thiophene rings is 1. The summed E-state index contributed by atoms with van der Waals surface area (Å²) in [7, 11) is -3.86. The Morgan fingerprint density at radius 2 is 1.91 bits per heavy atom. The minimum Gasteiger partial charge on any atom is -0.382 e. The van der Waals surface area contributed by atoms with Crippen molar-refractivity contribution >= 4 is 21.2 Å². The Bertz CT molecular complexity index is 903. The van der Waals surface area contributed by atoms with Gasteiger partial charge in [-0.05, 0) is 23.3 Å². The maximum Gasteiger partial charge on any atom is 0.281 e. The van der Waals surface area contributed by atoms with E-state index in [0.29, 0.717) is 11.3 Å². The number of hydrogen-bond acceptors (Lipinski definition) is 4. The van der Waals surface area contributed by atoms with E-state index in [9.17, 15) is 31.1 Å². The van der Waals surface area contributed by atoms with Crippen LogP contribution in [-0.2, 0) is 16.3 Å². The van der Waals surface area contributed by atoms with Gasteiger partial charge < -0.3 is 5.11 Å². The fourth-order valence-corrected chi connectivity index (χ4v) is 5.17. The Morgan fingerprint density at radius 3 is 2.48 bits per heavy atom. The van der Waals surface area contributed by atoms with Crippen LogP contribution in [0.15, 0.2) is 22.4 Å². The molecule has 23 heavy (non-hydrogen) atoms. The molecule has 3 nitrogen and oxygen atoms in total. The molecule has 2 aromatic rings. The molecule has 1 aliphatic carbocycles. The molecule has 1 aliphatic rings. The SMILES string of the molecule is CS(=O)(=O)c1sc(-c2ccc(F)c(F)c2)c2c1[C@H](O)C(F)(F)C2. The topological polar surface area (TPSA) is 54.4 Å². The predicted octanol–water partition coefficient (Wildman–Crippen LogP) is 3.32. The number of sulfone groups is 1. The average molecular weight is 366 g/mol. The summed E-state index contributed by atoms with van der Waals surface area (Å²) in [5.41, 5.74) is -0.300. The highest BCUT2D eigenvalue weighted by molar-refractivity contribution is 7.92. The van der Waals surface area contributed by atoms with Gasteiger partial charge in [-0.25, -0.2) is 26.0 Å². The fourth-order valence-electron chi connectivity index (χ4n) is 2.60. The molecule has 1 N–H and O–H groups in total. The molecular formula is C14H10F4O3S2. The van der Waals surface area contributed by atoms with Gasteiger partial charge in [0, 0.05) is 23.1 Å². The molecule has 0 unspecified atom stereocenters. The molecule has 124 valence electrons. The summed E-state index contributed by atoms with van der Waals surface area (Å²) >= 11 is 0.671. The van der Waals surface area contributed by atoms with Gasteiger partial charge in [0.1, 0.15) is 10.3 Å². The summed E-state index contributed by atoms with van der Waals surface area (Å²) in [6, 6.07) is 2.83. The zero-order chi connectivity index (χ0) is 17.2. The Balaban J connectivity index is 2.29. The molecule has 1 atom stereocenters. The molecule has 0 amide bonds. The van der Waals surface area contributed by atoms with E-state index in [1.807, 2.05) is 0 Å². The van der Waals surface area contributed by atoms with Crippen LogP contribution in [0.2, 0.25) is 0 Å².